The Morgan fingerprint density at radius 1 is 1.12 bits per heavy atom. The molecule has 2 aromatic rings. The van der Waals surface area contributed by atoms with Gasteiger partial charge < -0.3 is 4.74 Å². The van der Waals surface area contributed by atoms with Gasteiger partial charge in [0.05, 0.1) is 18.4 Å². The quantitative estimate of drug-likeness (QED) is 0.230. The predicted molar refractivity (Wildman–Crippen MR) is 104 cm³/mol. The molecule has 0 aliphatic rings. The molecule has 2 heterocycles. The zero-order valence-corrected chi connectivity index (χ0v) is 18.9. The van der Waals surface area contributed by atoms with Crippen molar-refractivity contribution in [1.29, 1.82) is 0 Å². The summed E-state index contributed by atoms with van der Waals surface area (Å²) >= 11 is 5.55. The van der Waals surface area contributed by atoms with Gasteiger partial charge in [-0.3, -0.25) is 9.69 Å². The third-order valence-corrected chi connectivity index (χ3v) is 5.35. The van der Waals surface area contributed by atoms with Gasteiger partial charge in [-0.15, -0.1) is 0 Å². The molecule has 0 atom stereocenters. The maximum atomic E-state index is 13.9. The lowest BCUT2D eigenvalue weighted by atomic mass is 9.93. The van der Waals surface area contributed by atoms with Crippen LogP contribution < -0.4 is 4.90 Å². The van der Waals surface area contributed by atoms with E-state index in [1.807, 2.05) is 0 Å². The number of esters is 1. The first-order chi connectivity index (χ1) is 15.5. The van der Waals surface area contributed by atoms with Crippen LogP contribution >= 0.6 is 22.9 Å². The molecular weight excluding hydrogens is 526 g/mol. The number of amides is 1. The summed E-state index contributed by atoms with van der Waals surface area (Å²) in [4.78, 5) is 30.0. The molecular formula is C18H14ClF8N3O3S. The number of alkyl halides is 8. The molecule has 0 N–H and O–H groups in total. The van der Waals surface area contributed by atoms with Gasteiger partial charge in [0.25, 0.3) is 6.43 Å². The van der Waals surface area contributed by atoms with E-state index in [4.69, 9.17) is 11.6 Å². The van der Waals surface area contributed by atoms with E-state index < -0.39 is 86.9 Å². The van der Waals surface area contributed by atoms with Crippen molar-refractivity contribution in [3.8, 4) is 0 Å². The molecule has 0 spiro atoms. The molecule has 16 heteroatoms. The van der Waals surface area contributed by atoms with Crippen molar-refractivity contribution in [3.05, 3.63) is 32.7 Å². The number of carbonyl (C=O) groups excluding carboxylic acids is 2. The van der Waals surface area contributed by atoms with E-state index >= 15 is 0 Å². The molecule has 0 unspecified atom stereocenters. The van der Waals surface area contributed by atoms with Gasteiger partial charge >= 0.3 is 18.3 Å². The number of ether oxygens (including phenoxy) is 1. The van der Waals surface area contributed by atoms with E-state index in [1.54, 1.807) is 0 Å². The van der Waals surface area contributed by atoms with E-state index in [9.17, 15) is 44.7 Å². The summed E-state index contributed by atoms with van der Waals surface area (Å²) in [5.41, 5.74) is -8.73. The Morgan fingerprint density at radius 3 is 2.09 bits per heavy atom. The van der Waals surface area contributed by atoms with Gasteiger partial charge in [-0.1, -0.05) is 36.8 Å². The van der Waals surface area contributed by atoms with Crippen LogP contribution in [0.5, 0.6) is 0 Å². The van der Waals surface area contributed by atoms with Gasteiger partial charge in [-0.2, -0.15) is 26.3 Å². The number of hydrogen-bond acceptors (Lipinski definition) is 6. The highest BCUT2D eigenvalue weighted by atomic mass is 35.5. The highest BCUT2D eigenvalue weighted by molar-refractivity contribution is 7.19. The van der Waals surface area contributed by atoms with Crippen LogP contribution in [0, 0.1) is 5.92 Å². The van der Waals surface area contributed by atoms with Crippen LogP contribution in [0.1, 0.15) is 53.3 Å². The van der Waals surface area contributed by atoms with E-state index in [-0.39, 0.29) is 16.2 Å². The third kappa shape index (κ3) is 5.56. The molecule has 0 bridgehead atoms. The molecule has 0 fully saturated rings. The fourth-order valence-corrected chi connectivity index (χ4v) is 4.12. The van der Waals surface area contributed by atoms with Gasteiger partial charge in [-0.05, 0) is 17.9 Å². The number of pyridine rings is 1. The van der Waals surface area contributed by atoms with E-state index in [2.05, 4.69) is 14.7 Å². The summed E-state index contributed by atoms with van der Waals surface area (Å²) in [5.74, 6) is -2.13. The van der Waals surface area contributed by atoms with Crippen LogP contribution in [-0.2, 0) is 28.3 Å². The number of carbonyl (C=O) groups is 2. The van der Waals surface area contributed by atoms with Crippen molar-refractivity contribution in [2.75, 3.05) is 12.0 Å². The highest BCUT2D eigenvalue weighted by Gasteiger charge is 2.45. The molecule has 1 amide bonds. The number of methoxy groups -OCH3 is 1. The van der Waals surface area contributed by atoms with Crippen LogP contribution in [0.3, 0.4) is 0 Å². The second-order valence-corrected chi connectivity index (χ2v) is 8.59. The molecule has 0 saturated heterocycles. The van der Waals surface area contributed by atoms with Crippen LogP contribution in [-0.4, -0.2) is 29.5 Å². The molecule has 0 aliphatic carbocycles. The number of rotatable bonds is 7. The fourth-order valence-electron chi connectivity index (χ4n) is 3.03. The van der Waals surface area contributed by atoms with Gasteiger partial charge in [0.15, 0.2) is 15.9 Å². The fraction of sp³-hybridized carbons (Fsp3) is 0.444. The second-order valence-electron chi connectivity index (χ2n) is 7.03. The second kappa shape index (κ2) is 9.98. The molecule has 188 valence electrons. The molecule has 34 heavy (non-hydrogen) atoms. The minimum absolute atomic E-state index is 0.0157. The normalized spacial score (nSPS) is 12.4. The summed E-state index contributed by atoms with van der Waals surface area (Å²) in [5, 5.41) is -1.18. The predicted octanol–water partition coefficient (Wildman–Crippen LogP) is 6.45. The van der Waals surface area contributed by atoms with Gasteiger partial charge in [0, 0.05) is 0 Å². The lowest BCUT2D eigenvalue weighted by Gasteiger charge is -2.27. The number of aromatic nitrogens is 2. The first kappa shape index (κ1) is 27.7. The third-order valence-electron chi connectivity index (χ3n) is 4.19. The van der Waals surface area contributed by atoms with Crippen LogP contribution in [0.2, 0.25) is 4.47 Å². The van der Waals surface area contributed by atoms with Crippen LogP contribution in [0.4, 0.5) is 45.8 Å². The zero-order valence-electron chi connectivity index (χ0n) is 17.3. The molecule has 0 aliphatic heterocycles. The Morgan fingerprint density at radius 2 is 1.68 bits per heavy atom. The Hall–Kier alpha value is -2.55. The molecule has 2 rings (SSSR count). The number of anilines is 2. The lowest BCUT2D eigenvalue weighted by Crippen LogP contribution is -2.28. The average Bonchev–Trinajstić information content (AvgIpc) is 3.08. The number of hydrogen-bond donors (Lipinski definition) is 0. The van der Waals surface area contributed by atoms with Crippen molar-refractivity contribution in [1.82, 2.24) is 9.97 Å². The SMILES string of the molecule is COC(=O)c1c(C(F)F)nc(C(F)(F)F)c(N(C=O)c2sc(Cl)nc2C(F)(F)F)c1CC(C)C. The Bertz CT molecular complexity index is 1090. The Kier molecular flexibility index (Phi) is 8.13. The summed E-state index contributed by atoms with van der Waals surface area (Å²) in [7, 11) is 0.760. The summed E-state index contributed by atoms with van der Waals surface area (Å²) < 4.78 is 113. The topological polar surface area (TPSA) is 72.4 Å². The molecule has 2 aromatic heterocycles. The minimum atomic E-state index is -5.52. The summed E-state index contributed by atoms with van der Waals surface area (Å²) in [6, 6.07) is 0. The largest absolute Gasteiger partial charge is 0.465 e. The maximum Gasteiger partial charge on any atom is 0.436 e. The Labute approximate surface area is 195 Å². The van der Waals surface area contributed by atoms with E-state index in [1.165, 1.54) is 13.8 Å². The molecule has 0 radical (unpaired) electrons. The van der Waals surface area contributed by atoms with Crippen molar-refractivity contribution < 1.29 is 49.4 Å². The first-order valence-corrected chi connectivity index (χ1v) is 10.2. The smallest absolute Gasteiger partial charge is 0.436 e. The molecule has 6 nitrogen and oxygen atoms in total. The minimum Gasteiger partial charge on any atom is -0.465 e. The molecule has 0 saturated carbocycles. The highest BCUT2D eigenvalue weighted by Crippen LogP contribution is 2.48. The lowest BCUT2D eigenvalue weighted by molar-refractivity contribution is -0.141. The van der Waals surface area contributed by atoms with Crippen molar-refractivity contribution in [3.63, 3.8) is 0 Å². The summed E-state index contributed by atoms with van der Waals surface area (Å²) in [6.07, 6.45) is -15.4. The first-order valence-electron chi connectivity index (χ1n) is 9.02. The van der Waals surface area contributed by atoms with Crippen molar-refractivity contribution in [2.24, 2.45) is 5.92 Å². The number of thiazole rings is 1. The van der Waals surface area contributed by atoms with Crippen molar-refractivity contribution >= 4 is 46.0 Å². The van der Waals surface area contributed by atoms with Crippen molar-refractivity contribution in [2.45, 2.75) is 39.0 Å². The van der Waals surface area contributed by atoms with E-state index in [0.717, 1.165) is 7.11 Å². The Balaban J connectivity index is 3.14. The maximum absolute atomic E-state index is 13.9. The van der Waals surface area contributed by atoms with Gasteiger partial charge in [0.1, 0.15) is 10.7 Å². The number of halogens is 9. The van der Waals surface area contributed by atoms with Crippen LogP contribution in [0.25, 0.3) is 0 Å². The molecule has 0 aromatic carbocycles. The van der Waals surface area contributed by atoms with Gasteiger partial charge in [-0.25, -0.2) is 23.5 Å². The average molecular weight is 540 g/mol. The summed E-state index contributed by atoms with van der Waals surface area (Å²) in [6.45, 7) is 2.88. The van der Waals surface area contributed by atoms with Gasteiger partial charge in [0.2, 0.25) is 6.41 Å². The van der Waals surface area contributed by atoms with Crippen LogP contribution in [0.15, 0.2) is 0 Å². The monoisotopic (exact) mass is 539 g/mol. The standard InChI is InChI=1S/C18H14ClF8N3O3S/c1-6(2)4-7-8(15(32)33-3)9(13(20)21)28-11(17(22,23)24)10(7)30(5-31)14-12(18(25,26)27)29-16(19)34-14/h5-6,13H,4H2,1-3H3. The van der Waals surface area contributed by atoms with E-state index in [0.29, 0.717) is 0 Å². The zero-order chi connectivity index (χ0) is 26.2. The number of nitrogens with zero attached hydrogens (tertiary/aromatic N) is 3.